The molecule has 1 unspecified atom stereocenters. The minimum Gasteiger partial charge on any atom is -0.480 e. The van der Waals surface area contributed by atoms with E-state index in [4.69, 9.17) is 4.74 Å². The lowest BCUT2D eigenvalue weighted by atomic mass is 9.86. The third-order valence-electron chi connectivity index (χ3n) is 3.37. The molecule has 0 heterocycles. The lowest BCUT2D eigenvalue weighted by molar-refractivity contribution is -0.146. The molecule has 0 radical (unpaired) electrons. The van der Waals surface area contributed by atoms with Crippen LogP contribution in [0.5, 0.6) is 0 Å². The summed E-state index contributed by atoms with van der Waals surface area (Å²) in [5, 5.41) is 12.8. The Kier molecular flexibility index (Phi) is 7.26. The summed E-state index contributed by atoms with van der Waals surface area (Å²) >= 11 is 0. The molecule has 4 nitrogen and oxygen atoms in total. The monoisotopic (exact) mass is 279 g/mol. The molecule has 0 bridgehead atoms. The highest BCUT2D eigenvalue weighted by Crippen LogP contribution is 2.25. The molecule has 4 heteroatoms. The Labute approximate surface area is 121 Å². The van der Waals surface area contributed by atoms with E-state index in [1.165, 1.54) is 0 Å². The first-order valence-corrected chi connectivity index (χ1v) is 7.29. The van der Waals surface area contributed by atoms with Crippen molar-refractivity contribution in [2.24, 2.45) is 0 Å². The van der Waals surface area contributed by atoms with Crippen molar-refractivity contribution in [3.8, 4) is 0 Å². The number of ether oxygens (including phenoxy) is 1. The van der Waals surface area contributed by atoms with Crippen molar-refractivity contribution in [3.63, 3.8) is 0 Å². The number of unbranched alkanes of at least 4 members (excludes halogenated alkanes) is 1. The summed E-state index contributed by atoms with van der Waals surface area (Å²) in [4.78, 5) is 11.8. The van der Waals surface area contributed by atoms with Crippen LogP contribution in [0.15, 0.2) is 30.3 Å². The van der Waals surface area contributed by atoms with Crippen molar-refractivity contribution < 1.29 is 14.6 Å². The third kappa shape index (κ3) is 4.32. The van der Waals surface area contributed by atoms with Crippen LogP contribution in [0.3, 0.4) is 0 Å². The fourth-order valence-electron chi connectivity index (χ4n) is 2.24. The Hall–Kier alpha value is -1.39. The van der Waals surface area contributed by atoms with Gasteiger partial charge in [-0.25, -0.2) is 4.79 Å². The van der Waals surface area contributed by atoms with Crippen molar-refractivity contribution in [1.82, 2.24) is 5.32 Å². The molecule has 112 valence electrons. The molecule has 0 aromatic heterocycles. The van der Waals surface area contributed by atoms with E-state index in [0.29, 0.717) is 26.2 Å². The van der Waals surface area contributed by atoms with Crippen LogP contribution < -0.4 is 5.32 Å². The topological polar surface area (TPSA) is 58.6 Å². The zero-order valence-corrected chi connectivity index (χ0v) is 12.4. The summed E-state index contributed by atoms with van der Waals surface area (Å²) in [6.07, 6.45) is 2.51. The van der Waals surface area contributed by atoms with Crippen molar-refractivity contribution in [3.05, 3.63) is 35.9 Å². The number of rotatable bonds is 10. The van der Waals surface area contributed by atoms with Crippen LogP contribution in [0.25, 0.3) is 0 Å². The molecule has 0 spiro atoms. The number of carboxylic acids is 1. The standard InChI is InChI=1S/C16H25NO3/c1-3-5-12-20-13-11-16(15(18)19,17-4-2)14-9-7-6-8-10-14/h6-10,17H,3-5,11-13H2,1-2H3,(H,18,19). The largest absolute Gasteiger partial charge is 0.480 e. The number of benzene rings is 1. The first-order valence-electron chi connectivity index (χ1n) is 7.29. The fraction of sp³-hybridized carbons (Fsp3) is 0.562. The summed E-state index contributed by atoms with van der Waals surface area (Å²) in [5.74, 6) is -0.857. The van der Waals surface area contributed by atoms with E-state index in [0.717, 1.165) is 18.4 Å². The molecule has 0 aliphatic heterocycles. The third-order valence-corrected chi connectivity index (χ3v) is 3.37. The molecule has 2 N–H and O–H groups in total. The van der Waals surface area contributed by atoms with Gasteiger partial charge in [0.25, 0.3) is 0 Å². The van der Waals surface area contributed by atoms with Gasteiger partial charge in [-0.2, -0.15) is 0 Å². The average Bonchev–Trinajstić information content (AvgIpc) is 2.46. The Morgan fingerprint density at radius 1 is 1.25 bits per heavy atom. The highest BCUT2D eigenvalue weighted by molar-refractivity contribution is 5.80. The van der Waals surface area contributed by atoms with Crippen LogP contribution in [0.2, 0.25) is 0 Å². The number of hydrogen-bond donors (Lipinski definition) is 2. The quantitative estimate of drug-likeness (QED) is 0.647. The predicted molar refractivity (Wildman–Crippen MR) is 79.8 cm³/mol. The maximum atomic E-state index is 11.8. The Morgan fingerprint density at radius 2 is 1.95 bits per heavy atom. The summed E-state index contributed by atoms with van der Waals surface area (Å²) < 4.78 is 5.54. The van der Waals surface area contributed by atoms with E-state index in [2.05, 4.69) is 12.2 Å². The van der Waals surface area contributed by atoms with Crippen molar-refractivity contribution in [1.29, 1.82) is 0 Å². The van der Waals surface area contributed by atoms with E-state index < -0.39 is 11.5 Å². The number of hydrogen-bond acceptors (Lipinski definition) is 3. The first-order chi connectivity index (χ1) is 9.67. The highest BCUT2D eigenvalue weighted by Gasteiger charge is 2.39. The van der Waals surface area contributed by atoms with E-state index in [1.54, 1.807) is 0 Å². The van der Waals surface area contributed by atoms with Gasteiger partial charge in [-0.1, -0.05) is 50.6 Å². The van der Waals surface area contributed by atoms with Gasteiger partial charge >= 0.3 is 5.97 Å². The molecular formula is C16H25NO3. The van der Waals surface area contributed by atoms with Crippen LogP contribution >= 0.6 is 0 Å². The number of likely N-dealkylation sites (N-methyl/N-ethyl adjacent to an activating group) is 1. The van der Waals surface area contributed by atoms with Crippen molar-refractivity contribution in [2.75, 3.05) is 19.8 Å². The van der Waals surface area contributed by atoms with E-state index in [9.17, 15) is 9.90 Å². The van der Waals surface area contributed by atoms with Crippen LogP contribution in [0.1, 0.15) is 38.7 Å². The smallest absolute Gasteiger partial charge is 0.328 e. The van der Waals surface area contributed by atoms with Gasteiger partial charge in [0.05, 0.1) is 0 Å². The Bertz CT molecular complexity index is 394. The van der Waals surface area contributed by atoms with Crippen LogP contribution in [0.4, 0.5) is 0 Å². The highest BCUT2D eigenvalue weighted by atomic mass is 16.5. The van der Waals surface area contributed by atoms with Gasteiger partial charge in [0, 0.05) is 19.6 Å². The summed E-state index contributed by atoms with van der Waals surface area (Å²) in [7, 11) is 0. The zero-order chi connectivity index (χ0) is 14.8. The van der Waals surface area contributed by atoms with Gasteiger partial charge in [-0.3, -0.25) is 5.32 Å². The number of nitrogens with one attached hydrogen (secondary N) is 1. The molecule has 1 aromatic carbocycles. The van der Waals surface area contributed by atoms with Gasteiger partial charge in [0.2, 0.25) is 0 Å². The SMILES string of the molecule is CCCCOCCC(NCC)(C(=O)O)c1ccccc1. The molecule has 1 atom stereocenters. The van der Waals surface area contributed by atoms with Gasteiger partial charge in [-0.05, 0) is 18.5 Å². The molecule has 0 saturated heterocycles. The van der Waals surface area contributed by atoms with Crippen molar-refractivity contribution >= 4 is 5.97 Å². The molecule has 0 amide bonds. The molecule has 0 fully saturated rings. The van der Waals surface area contributed by atoms with Gasteiger partial charge in [-0.15, -0.1) is 0 Å². The van der Waals surface area contributed by atoms with Crippen LogP contribution in [0, 0.1) is 0 Å². The molecule has 0 saturated carbocycles. The first kappa shape index (κ1) is 16.7. The van der Waals surface area contributed by atoms with Gasteiger partial charge < -0.3 is 9.84 Å². The lowest BCUT2D eigenvalue weighted by Gasteiger charge is -2.31. The lowest BCUT2D eigenvalue weighted by Crippen LogP contribution is -2.50. The normalized spacial score (nSPS) is 13.9. The van der Waals surface area contributed by atoms with E-state index in [-0.39, 0.29) is 0 Å². The molecule has 0 aliphatic carbocycles. The molecule has 20 heavy (non-hydrogen) atoms. The Balaban J connectivity index is 2.81. The Morgan fingerprint density at radius 3 is 2.50 bits per heavy atom. The minimum absolute atomic E-state index is 0.421. The van der Waals surface area contributed by atoms with Crippen LogP contribution in [-0.4, -0.2) is 30.8 Å². The number of carboxylic acid groups (broad SMARTS) is 1. The number of carbonyl (C=O) groups is 1. The predicted octanol–water partition coefficient (Wildman–Crippen LogP) is 2.78. The second-order valence-corrected chi connectivity index (χ2v) is 4.82. The maximum absolute atomic E-state index is 11.8. The fourth-order valence-corrected chi connectivity index (χ4v) is 2.24. The van der Waals surface area contributed by atoms with E-state index in [1.807, 2.05) is 37.3 Å². The summed E-state index contributed by atoms with van der Waals surface area (Å²) in [6, 6.07) is 9.32. The molecule has 1 aromatic rings. The van der Waals surface area contributed by atoms with Gasteiger partial charge in [0.1, 0.15) is 5.54 Å². The molecular weight excluding hydrogens is 254 g/mol. The van der Waals surface area contributed by atoms with Crippen LogP contribution in [-0.2, 0) is 15.1 Å². The average molecular weight is 279 g/mol. The second-order valence-electron chi connectivity index (χ2n) is 4.82. The summed E-state index contributed by atoms with van der Waals surface area (Å²) in [6.45, 7) is 5.74. The number of aliphatic carboxylic acids is 1. The molecule has 0 aliphatic rings. The van der Waals surface area contributed by atoms with E-state index >= 15 is 0 Å². The van der Waals surface area contributed by atoms with Crippen molar-refractivity contribution in [2.45, 2.75) is 38.6 Å². The second kappa shape index (κ2) is 8.72. The zero-order valence-electron chi connectivity index (χ0n) is 12.4. The summed E-state index contributed by atoms with van der Waals surface area (Å²) in [5.41, 5.74) is -0.296. The maximum Gasteiger partial charge on any atom is 0.328 e. The molecule has 1 rings (SSSR count). The minimum atomic E-state index is -1.07. The van der Waals surface area contributed by atoms with Gasteiger partial charge in [0.15, 0.2) is 0 Å².